The van der Waals surface area contributed by atoms with Gasteiger partial charge in [0, 0.05) is 18.8 Å². The van der Waals surface area contributed by atoms with Crippen LogP contribution in [0.2, 0.25) is 0 Å². The van der Waals surface area contributed by atoms with Crippen LogP contribution in [-0.4, -0.2) is 35.7 Å². The number of hydrogen-bond donors (Lipinski definition) is 1. The van der Waals surface area contributed by atoms with Crippen molar-refractivity contribution in [1.29, 1.82) is 0 Å². The minimum Gasteiger partial charge on any atom is -0.466 e. The van der Waals surface area contributed by atoms with Crippen molar-refractivity contribution in [2.75, 3.05) is 25.0 Å². The maximum atomic E-state index is 11.9. The summed E-state index contributed by atoms with van der Waals surface area (Å²) >= 11 is 5.53. The average Bonchev–Trinajstić information content (AvgIpc) is 2.61. The zero-order chi connectivity index (χ0) is 17.4. The lowest BCUT2D eigenvalue weighted by molar-refractivity contribution is -0.149. The number of nitrogens with one attached hydrogen (secondary N) is 1. The Balaban J connectivity index is 1.88. The number of benzene rings is 1. The molecule has 5 heteroatoms. The summed E-state index contributed by atoms with van der Waals surface area (Å²) in [6.45, 7) is 6.00. The number of nitrogens with zero attached hydrogens (tertiary/aromatic N) is 1. The first kappa shape index (κ1) is 18.7. The van der Waals surface area contributed by atoms with Gasteiger partial charge in [-0.05, 0) is 62.5 Å². The fraction of sp³-hybridized carbons (Fsp3) is 0.579. The van der Waals surface area contributed by atoms with Crippen LogP contribution in [0.25, 0.3) is 0 Å². The lowest BCUT2D eigenvalue weighted by Gasteiger charge is -2.33. The minimum atomic E-state index is -0.106. The van der Waals surface area contributed by atoms with Gasteiger partial charge in [-0.1, -0.05) is 25.5 Å². The Morgan fingerprint density at radius 1 is 1.33 bits per heavy atom. The molecule has 1 fully saturated rings. The molecule has 1 unspecified atom stereocenters. The molecule has 2 rings (SSSR count). The summed E-state index contributed by atoms with van der Waals surface area (Å²) < 4.78 is 5.14. The summed E-state index contributed by atoms with van der Waals surface area (Å²) in [7, 11) is 0. The Labute approximate surface area is 150 Å². The van der Waals surface area contributed by atoms with Crippen molar-refractivity contribution in [3.63, 3.8) is 0 Å². The van der Waals surface area contributed by atoms with Crippen LogP contribution in [0.15, 0.2) is 24.3 Å². The molecule has 132 valence electrons. The Morgan fingerprint density at radius 3 is 2.75 bits per heavy atom. The van der Waals surface area contributed by atoms with E-state index in [1.807, 2.05) is 6.92 Å². The van der Waals surface area contributed by atoms with E-state index in [9.17, 15) is 4.79 Å². The second kappa shape index (κ2) is 9.62. The van der Waals surface area contributed by atoms with Crippen LogP contribution in [0.3, 0.4) is 0 Å². The molecule has 1 aliphatic heterocycles. The maximum absolute atomic E-state index is 11.9. The second-order valence-electron chi connectivity index (χ2n) is 6.27. The van der Waals surface area contributed by atoms with Crippen LogP contribution >= 0.6 is 12.2 Å². The number of carbonyl (C=O) groups excluding carboxylic acids is 1. The second-order valence-corrected chi connectivity index (χ2v) is 6.65. The van der Waals surface area contributed by atoms with Crippen molar-refractivity contribution in [3.8, 4) is 0 Å². The summed E-state index contributed by atoms with van der Waals surface area (Å²) in [5.41, 5.74) is 2.35. The van der Waals surface area contributed by atoms with Crippen molar-refractivity contribution in [3.05, 3.63) is 29.8 Å². The molecule has 0 radical (unpaired) electrons. The fourth-order valence-electron chi connectivity index (χ4n) is 2.95. The van der Waals surface area contributed by atoms with Crippen molar-refractivity contribution in [2.45, 2.75) is 46.0 Å². The molecular formula is C19H28N2O2S. The Morgan fingerprint density at radius 2 is 2.08 bits per heavy atom. The molecule has 1 aromatic carbocycles. The lowest BCUT2D eigenvalue weighted by atomic mass is 9.98. The van der Waals surface area contributed by atoms with Crippen molar-refractivity contribution < 1.29 is 9.53 Å². The summed E-state index contributed by atoms with van der Waals surface area (Å²) in [5.74, 6) is -0.180. The number of thiocarbonyl (C=S) groups is 1. The molecule has 1 heterocycles. The van der Waals surface area contributed by atoms with Crippen molar-refractivity contribution in [1.82, 2.24) is 4.90 Å². The van der Waals surface area contributed by atoms with Gasteiger partial charge in [0.2, 0.25) is 0 Å². The van der Waals surface area contributed by atoms with Crippen LogP contribution in [0.4, 0.5) is 5.69 Å². The number of carbonyl (C=O) groups is 1. The van der Waals surface area contributed by atoms with Crippen molar-refractivity contribution in [2.24, 2.45) is 5.92 Å². The maximum Gasteiger partial charge on any atom is 0.310 e. The Hall–Kier alpha value is -1.62. The molecule has 0 spiro atoms. The third kappa shape index (κ3) is 5.48. The molecule has 0 amide bonds. The first-order chi connectivity index (χ1) is 11.6. The van der Waals surface area contributed by atoms with E-state index in [1.54, 1.807) is 0 Å². The van der Waals surface area contributed by atoms with Gasteiger partial charge in [-0.25, -0.2) is 0 Å². The van der Waals surface area contributed by atoms with E-state index in [0.717, 1.165) is 31.5 Å². The highest BCUT2D eigenvalue weighted by atomic mass is 32.1. The zero-order valence-corrected chi connectivity index (χ0v) is 15.5. The standard InChI is InChI=1S/C19H28N2O2S/c1-3-5-7-15-9-11-17(12-10-15)20-19(24)21-13-6-8-16(14-21)18(22)23-4-2/h9-12,16H,3-8,13-14H2,1-2H3,(H,20,24). The molecule has 0 aromatic heterocycles. The van der Waals surface area contributed by atoms with E-state index in [-0.39, 0.29) is 11.9 Å². The molecule has 4 nitrogen and oxygen atoms in total. The zero-order valence-electron chi connectivity index (χ0n) is 14.7. The molecule has 1 saturated heterocycles. The molecule has 1 N–H and O–H groups in total. The van der Waals surface area contributed by atoms with E-state index >= 15 is 0 Å². The normalized spacial score (nSPS) is 17.4. The van der Waals surface area contributed by atoms with Crippen LogP contribution in [-0.2, 0) is 16.0 Å². The first-order valence-corrected chi connectivity index (χ1v) is 9.36. The van der Waals surface area contributed by atoms with Gasteiger partial charge >= 0.3 is 5.97 Å². The third-order valence-electron chi connectivity index (χ3n) is 4.35. The Bertz CT molecular complexity index is 545. The van der Waals surface area contributed by atoms with Gasteiger partial charge < -0.3 is 15.0 Å². The number of piperidine rings is 1. The number of rotatable bonds is 6. The van der Waals surface area contributed by atoms with Crippen LogP contribution in [0, 0.1) is 5.92 Å². The molecule has 0 bridgehead atoms. The molecule has 0 saturated carbocycles. The average molecular weight is 349 g/mol. The van der Waals surface area contributed by atoms with Crippen molar-refractivity contribution >= 4 is 29.0 Å². The highest BCUT2D eigenvalue weighted by Crippen LogP contribution is 2.19. The number of likely N-dealkylation sites (tertiary alicyclic amines) is 1. The number of hydrogen-bond acceptors (Lipinski definition) is 3. The van der Waals surface area contributed by atoms with E-state index in [2.05, 4.69) is 41.4 Å². The topological polar surface area (TPSA) is 41.6 Å². The first-order valence-electron chi connectivity index (χ1n) is 8.95. The monoisotopic (exact) mass is 348 g/mol. The minimum absolute atomic E-state index is 0.0742. The summed E-state index contributed by atoms with van der Waals surface area (Å²) in [4.78, 5) is 14.0. The SMILES string of the molecule is CCCCc1ccc(NC(=S)N2CCCC(C(=O)OCC)C2)cc1. The van der Waals surface area contributed by atoms with E-state index in [0.29, 0.717) is 18.3 Å². The van der Waals surface area contributed by atoms with Gasteiger partial charge in [0.15, 0.2) is 5.11 Å². The van der Waals surface area contributed by atoms with E-state index in [1.165, 1.54) is 18.4 Å². The predicted molar refractivity (Wildman–Crippen MR) is 102 cm³/mol. The number of ether oxygens (including phenoxy) is 1. The number of unbranched alkanes of at least 4 members (excludes halogenated alkanes) is 1. The quantitative estimate of drug-likeness (QED) is 0.622. The van der Waals surface area contributed by atoms with Gasteiger partial charge in [0.05, 0.1) is 12.5 Å². The highest BCUT2D eigenvalue weighted by molar-refractivity contribution is 7.80. The lowest BCUT2D eigenvalue weighted by Crippen LogP contribution is -2.44. The predicted octanol–water partition coefficient (Wildman–Crippen LogP) is 4.00. The van der Waals surface area contributed by atoms with E-state index in [4.69, 9.17) is 17.0 Å². The van der Waals surface area contributed by atoms with Crippen LogP contribution in [0.1, 0.15) is 45.1 Å². The molecular weight excluding hydrogens is 320 g/mol. The molecule has 1 aliphatic rings. The smallest absolute Gasteiger partial charge is 0.310 e. The van der Waals surface area contributed by atoms with Gasteiger partial charge in [0.1, 0.15) is 0 Å². The molecule has 1 atom stereocenters. The van der Waals surface area contributed by atoms with Gasteiger partial charge in [0.25, 0.3) is 0 Å². The number of anilines is 1. The van der Waals surface area contributed by atoms with Crippen LogP contribution in [0.5, 0.6) is 0 Å². The number of esters is 1. The Kier molecular flexibility index (Phi) is 7.50. The van der Waals surface area contributed by atoms with Gasteiger partial charge in [-0.15, -0.1) is 0 Å². The summed E-state index contributed by atoms with van der Waals surface area (Å²) in [6, 6.07) is 8.45. The highest BCUT2D eigenvalue weighted by Gasteiger charge is 2.28. The molecule has 0 aliphatic carbocycles. The summed E-state index contributed by atoms with van der Waals surface area (Å²) in [5, 5.41) is 3.98. The van der Waals surface area contributed by atoms with Gasteiger partial charge in [-0.3, -0.25) is 4.79 Å². The van der Waals surface area contributed by atoms with Crippen LogP contribution < -0.4 is 5.32 Å². The van der Waals surface area contributed by atoms with E-state index < -0.39 is 0 Å². The number of aryl methyl sites for hydroxylation is 1. The van der Waals surface area contributed by atoms with Gasteiger partial charge in [-0.2, -0.15) is 0 Å². The largest absolute Gasteiger partial charge is 0.466 e. The fourth-order valence-corrected chi connectivity index (χ4v) is 3.24. The third-order valence-corrected chi connectivity index (χ3v) is 4.71. The molecule has 24 heavy (non-hydrogen) atoms. The molecule has 1 aromatic rings. The summed E-state index contributed by atoms with van der Waals surface area (Å²) in [6.07, 6.45) is 5.38.